The Morgan fingerprint density at radius 2 is 1.59 bits per heavy atom. The van der Waals surface area contributed by atoms with Gasteiger partial charge in [0.25, 0.3) is 10.0 Å². The maximum absolute atomic E-state index is 12.1. The van der Waals surface area contributed by atoms with Crippen molar-refractivity contribution in [3.8, 4) is 0 Å². The Balaban J connectivity index is 2.38. The molecule has 0 atom stereocenters. The van der Waals surface area contributed by atoms with E-state index < -0.39 is 20.0 Å². The first-order valence-corrected chi connectivity index (χ1v) is 8.75. The number of primary sulfonamides is 1. The minimum Gasteiger partial charge on any atom is -0.224 e. The molecule has 0 spiro atoms. The summed E-state index contributed by atoms with van der Waals surface area (Å²) in [6.45, 7) is 0.982. The van der Waals surface area contributed by atoms with Gasteiger partial charge in [-0.15, -0.1) is 11.3 Å². The van der Waals surface area contributed by atoms with Crippen molar-refractivity contribution in [2.45, 2.75) is 21.3 Å². The van der Waals surface area contributed by atoms with Crippen LogP contribution in [0.15, 0.2) is 20.6 Å². The highest BCUT2D eigenvalue weighted by molar-refractivity contribution is 7.93. The van der Waals surface area contributed by atoms with Gasteiger partial charge in [-0.25, -0.2) is 22.0 Å². The molecule has 0 amide bonds. The predicted molar refractivity (Wildman–Crippen MR) is 63.7 cm³/mol. The second-order valence-corrected chi connectivity index (χ2v) is 8.77. The van der Waals surface area contributed by atoms with Crippen LogP contribution in [0.1, 0.15) is 12.8 Å². The zero-order chi connectivity index (χ0) is 12.7. The van der Waals surface area contributed by atoms with Gasteiger partial charge in [0.15, 0.2) is 0 Å². The highest BCUT2D eigenvalue weighted by Gasteiger charge is 2.29. The molecule has 1 aromatic rings. The molecule has 1 aromatic heterocycles. The molecule has 2 heterocycles. The van der Waals surface area contributed by atoms with Crippen molar-refractivity contribution in [3.05, 3.63) is 12.1 Å². The highest BCUT2D eigenvalue weighted by atomic mass is 32.3. The van der Waals surface area contributed by atoms with Crippen LogP contribution in [0.25, 0.3) is 0 Å². The molecule has 0 aliphatic carbocycles. The van der Waals surface area contributed by atoms with Gasteiger partial charge >= 0.3 is 0 Å². The van der Waals surface area contributed by atoms with Gasteiger partial charge in [-0.1, -0.05) is 0 Å². The van der Waals surface area contributed by atoms with Crippen molar-refractivity contribution < 1.29 is 16.8 Å². The smallest absolute Gasteiger partial charge is 0.224 e. The van der Waals surface area contributed by atoms with Crippen LogP contribution in [-0.4, -0.2) is 34.2 Å². The number of hydrogen-bond acceptors (Lipinski definition) is 5. The summed E-state index contributed by atoms with van der Waals surface area (Å²) >= 11 is 0.691. The Morgan fingerprint density at radius 1 is 1.06 bits per heavy atom. The second-order valence-electron chi connectivity index (χ2n) is 3.73. The van der Waals surface area contributed by atoms with Crippen molar-refractivity contribution in [3.63, 3.8) is 0 Å². The predicted octanol–water partition coefficient (Wildman–Crippen LogP) is 0.180. The van der Waals surface area contributed by atoms with Gasteiger partial charge in [0.05, 0.1) is 0 Å². The molecule has 9 heteroatoms. The first kappa shape index (κ1) is 13.0. The lowest BCUT2D eigenvalue weighted by molar-refractivity contribution is 0.479. The number of rotatable bonds is 3. The van der Waals surface area contributed by atoms with E-state index in [-0.39, 0.29) is 8.42 Å². The summed E-state index contributed by atoms with van der Waals surface area (Å²) in [4.78, 5) is 0. The summed E-state index contributed by atoms with van der Waals surface area (Å²) in [6, 6.07) is 2.51. The van der Waals surface area contributed by atoms with Gasteiger partial charge in [-0.05, 0) is 25.0 Å². The molecular weight excluding hydrogens is 284 g/mol. The summed E-state index contributed by atoms with van der Waals surface area (Å²) in [5.41, 5.74) is 0. The van der Waals surface area contributed by atoms with Crippen LogP contribution in [0.5, 0.6) is 0 Å². The Kier molecular flexibility index (Phi) is 3.29. The normalized spacial score (nSPS) is 18.6. The Bertz CT molecular complexity index is 611. The molecule has 17 heavy (non-hydrogen) atoms. The third-order valence-corrected chi connectivity index (χ3v) is 7.39. The summed E-state index contributed by atoms with van der Waals surface area (Å²) in [7, 11) is -7.38. The SMILES string of the molecule is NS(=O)(=O)c1ccc(S(=O)(=O)N2CCCC2)s1. The molecule has 2 N–H and O–H groups in total. The molecule has 2 rings (SSSR count). The van der Waals surface area contributed by atoms with E-state index in [1.54, 1.807) is 0 Å². The maximum atomic E-state index is 12.1. The Morgan fingerprint density at radius 3 is 2.06 bits per heavy atom. The molecule has 0 unspecified atom stereocenters. The number of nitrogens with zero attached hydrogens (tertiary/aromatic N) is 1. The van der Waals surface area contributed by atoms with E-state index in [1.165, 1.54) is 16.4 Å². The Hall–Kier alpha value is -0.480. The fourth-order valence-corrected chi connectivity index (χ4v) is 5.51. The van der Waals surface area contributed by atoms with Gasteiger partial charge < -0.3 is 0 Å². The minimum absolute atomic E-state index is 0.0309. The van der Waals surface area contributed by atoms with Crippen LogP contribution in [0, 0.1) is 0 Å². The first-order chi connectivity index (χ1) is 7.82. The zero-order valence-electron chi connectivity index (χ0n) is 8.87. The minimum atomic E-state index is -3.83. The molecule has 0 radical (unpaired) electrons. The third-order valence-electron chi connectivity index (χ3n) is 2.50. The first-order valence-electron chi connectivity index (χ1n) is 4.94. The van der Waals surface area contributed by atoms with Gasteiger partial charge in [0.2, 0.25) is 10.0 Å². The van der Waals surface area contributed by atoms with E-state index in [2.05, 4.69) is 0 Å². The van der Waals surface area contributed by atoms with E-state index in [0.29, 0.717) is 24.4 Å². The highest BCUT2D eigenvalue weighted by Crippen LogP contribution is 2.28. The van der Waals surface area contributed by atoms with Crippen molar-refractivity contribution in [2.24, 2.45) is 5.14 Å². The maximum Gasteiger partial charge on any atom is 0.252 e. The summed E-state index contributed by atoms with van der Waals surface area (Å²) < 4.78 is 47.6. The number of hydrogen-bond donors (Lipinski definition) is 1. The van der Waals surface area contributed by atoms with Gasteiger partial charge in [-0.2, -0.15) is 4.31 Å². The second kappa shape index (κ2) is 4.32. The van der Waals surface area contributed by atoms with Crippen LogP contribution in [0.2, 0.25) is 0 Å². The average molecular weight is 296 g/mol. The summed E-state index contributed by atoms with van der Waals surface area (Å²) in [5, 5.41) is 4.94. The number of nitrogens with two attached hydrogens (primary N) is 1. The van der Waals surface area contributed by atoms with Gasteiger partial charge in [0, 0.05) is 13.1 Å². The Labute approximate surface area is 104 Å². The molecule has 96 valence electrons. The summed E-state index contributed by atoms with van der Waals surface area (Å²) in [5.74, 6) is 0. The molecule has 0 aromatic carbocycles. The average Bonchev–Trinajstić information content (AvgIpc) is 2.89. The van der Waals surface area contributed by atoms with E-state index in [1.807, 2.05) is 0 Å². The lowest BCUT2D eigenvalue weighted by Crippen LogP contribution is -2.27. The molecule has 1 saturated heterocycles. The van der Waals surface area contributed by atoms with Gasteiger partial charge in [-0.3, -0.25) is 0 Å². The van der Waals surface area contributed by atoms with Crippen molar-refractivity contribution >= 4 is 31.4 Å². The van der Waals surface area contributed by atoms with Gasteiger partial charge in [0.1, 0.15) is 8.42 Å². The lowest BCUT2D eigenvalue weighted by atomic mass is 10.4. The topological polar surface area (TPSA) is 97.5 Å². The quantitative estimate of drug-likeness (QED) is 0.860. The molecule has 1 aliphatic heterocycles. The van der Waals surface area contributed by atoms with Crippen molar-refractivity contribution in [1.82, 2.24) is 4.31 Å². The fraction of sp³-hybridized carbons (Fsp3) is 0.500. The molecular formula is C8H12N2O4S3. The molecule has 0 bridgehead atoms. The van der Waals surface area contributed by atoms with E-state index in [9.17, 15) is 16.8 Å². The van der Waals surface area contributed by atoms with Crippen LogP contribution in [-0.2, 0) is 20.0 Å². The van der Waals surface area contributed by atoms with E-state index in [4.69, 9.17) is 5.14 Å². The molecule has 1 aliphatic rings. The van der Waals surface area contributed by atoms with Crippen LogP contribution < -0.4 is 5.14 Å². The van der Waals surface area contributed by atoms with Crippen LogP contribution in [0.3, 0.4) is 0 Å². The molecule has 1 fully saturated rings. The van der Waals surface area contributed by atoms with Crippen LogP contribution >= 0.6 is 11.3 Å². The molecule has 0 saturated carbocycles. The number of thiophene rings is 1. The van der Waals surface area contributed by atoms with Crippen LogP contribution in [0.4, 0.5) is 0 Å². The van der Waals surface area contributed by atoms with E-state index in [0.717, 1.165) is 12.8 Å². The largest absolute Gasteiger partial charge is 0.252 e. The summed E-state index contributed by atoms with van der Waals surface area (Å²) in [6.07, 6.45) is 1.68. The van der Waals surface area contributed by atoms with Crippen molar-refractivity contribution in [1.29, 1.82) is 0 Å². The zero-order valence-corrected chi connectivity index (χ0v) is 11.3. The van der Waals surface area contributed by atoms with E-state index >= 15 is 0 Å². The van der Waals surface area contributed by atoms with Crippen molar-refractivity contribution in [2.75, 3.05) is 13.1 Å². The monoisotopic (exact) mass is 296 g/mol. The fourth-order valence-electron chi connectivity index (χ4n) is 1.65. The number of sulfonamides is 2. The standard InChI is InChI=1S/C8H12N2O4S3/c9-16(11,12)7-3-4-8(15-7)17(13,14)10-5-1-2-6-10/h3-4H,1-2,5-6H2,(H2,9,11,12). The molecule has 6 nitrogen and oxygen atoms in total. The lowest BCUT2D eigenvalue weighted by Gasteiger charge is -2.13. The third kappa shape index (κ3) is 2.52.